The van der Waals surface area contributed by atoms with E-state index in [0.29, 0.717) is 5.56 Å². The molecular weight excluding hydrogens is 374 g/mol. The Hall–Kier alpha value is -2.36. The zero-order valence-corrected chi connectivity index (χ0v) is 13.9. The number of halogens is 5. The Labute approximate surface area is 150 Å². The lowest BCUT2D eigenvalue weighted by Crippen LogP contribution is -2.17. The highest BCUT2D eigenvalue weighted by atomic mass is 35.5. The summed E-state index contributed by atoms with van der Waals surface area (Å²) in [6.07, 6.45) is -4.77. The molecule has 3 aromatic rings. The Morgan fingerprint density at radius 1 is 0.960 bits per heavy atom. The van der Waals surface area contributed by atoms with Gasteiger partial charge in [-0.15, -0.1) is 0 Å². The zero-order chi connectivity index (χ0) is 18.2. The van der Waals surface area contributed by atoms with Gasteiger partial charge in [0.2, 0.25) is 0 Å². The van der Waals surface area contributed by atoms with Gasteiger partial charge < -0.3 is 0 Å². The normalized spacial score (nSPS) is 12.8. The summed E-state index contributed by atoms with van der Waals surface area (Å²) in [5, 5.41) is 9.68. The van der Waals surface area contributed by atoms with Crippen molar-refractivity contribution >= 4 is 34.2 Å². The molecule has 0 aliphatic carbocycles. The van der Waals surface area contributed by atoms with E-state index in [9.17, 15) is 18.4 Å². The summed E-state index contributed by atoms with van der Waals surface area (Å²) < 4.78 is 40.5. The van der Waals surface area contributed by atoms with Gasteiger partial charge in [0.1, 0.15) is 5.92 Å². The van der Waals surface area contributed by atoms with Gasteiger partial charge in [-0.3, -0.25) is 0 Å². The molecule has 3 nitrogen and oxygen atoms in total. The summed E-state index contributed by atoms with van der Waals surface area (Å²) in [5.41, 5.74) is -1.20. The number of rotatable bonds is 2. The first-order valence-corrected chi connectivity index (χ1v) is 7.75. The maximum Gasteiger partial charge on any atom is 0.435 e. The second-order valence-electron chi connectivity index (χ2n) is 5.18. The molecule has 0 unspecified atom stereocenters. The van der Waals surface area contributed by atoms with Crippen molar-refractivity contribution in [1.29, 1.82) is 5.26 Å². The molecule has 0 aliphatic rings. The van der Waals surface area contributed by atoms with Crippen LogP contribution in [-0.2, 0) is 6.18 Å². The molecule has 0 N–H and O–H groups in total. The van der Waals surface area contributed by atoms with Crippen LogP contribution in [0.2, 0.25) is 10.0 Å². The van der Waals surface area contributed by atoms with Crippen molar-refractivity contribution in [2.45, 2.75) is 12.1 Å². The van der Waals surface area contributed by atoms with Crippen LogP contribution in [0.1, 0.15) is 22.9 Å². The largest absolute Gasteiger partial charge is 0.435 e. The minimum absolute atomic E-state index is 0.0461. The minimum atomic E-state index is -4.77. The topological polar surface area (TPSA) is 49.6 Å². The Morgan fingerprint density at radius 3 is 2.04 bits per heavy atom. The lowest BCUT2D eigenvalue weighted by Gasteiger charge is -2.16. The van der Waals surface area contributed by atoms with Crippen LogP contribution in [0.3, 0.4) is 0 Å². The molecule has 0 bridgehead atoms. The molecule has 8 heteroatoms. The summed E-state index contributed by atoms with van der Waals surface area (Å²) in [6, 6.07) is 12.5. The Bertz CT molecular complexity index is 982. The fraction of sp³-hybridized carbons (Fsp3) is 0.118. The first-order chi connectivity index (χ1) is 11.8. The van der Waals surface area contributed by atoms with Crippen LogP contribution in [0.5, 0.6) is 0 Å². The average molecular weight is 382 g/mol. The predicted octanol–water partition coefficient (Wildman–Crippen LogP) is 5.61. The SMILES string of the molecule is N#C[C@H](c1ccccc1)c1nc2cc(Cl)c(Cl)cc2nc1C(F)(F)F. The molecule has 1 atom stereocenters. The number of hydrogen-bond acceptors (Lipinski definition) is 3. The standard InChI is InChI=1S/C17H8Cl2F3N3/c18-11-6-13-14(7-12(11)19)25-16(17(20,21)22)15(24-13)10(8-23)9-4-2-1-3-5-9/h1-7,10H/t10-/m1/s1. The van der Waals surface area contributed by atoms with Gasteiger partial charge in [0.15, 0.2) is 5.69 Å². The van der Waals surface area contributed by atoms with E-state index in [2.05, 4.69) is 9.97 Å². The van der Waals surface area contributed by atoms with Crippen LogP contribution in [0, 0.1) is 11.3 Å². The van der Waals surface area contributed by atoms with Crippen LogP contribution in [0.25, 0.3) is 11.0 Å². The smallest absolute Gasteiger partial charge is 0.247 e. The third kappa shape index (κ3) is 3.39. The second-order valence-corrected chi connectivity index (χ2v) is 6.00. The van der Waals surface area contributed by atoms with Crippen molar-refractivity contribution in [3.63, 3.8) is 0 Å². The predicted molar refractivity (Wildman–Crippen MR) is 88.5 cm³/mol. The van der Waals surface area contributed by atoms with Gasteiger partial charge in [-0.25, -0.2) is 9.97 Å². The molecule has 0 saturated heterocycles. The Morgan fingerprint density at radius 2 is 1.52 bits per heavy atom. The van der Waals surface area contributed by atoms with Crippen molar-refractivity contribution in [2.24, 2.45) is 0 Å². The number of nitrogens with zero attached hydrogens (tertiary/aromatic N) is 3. The highest BCUT2D eigenvalue weighted by Gasteiger charge is 2.39. The summed E-state index contributed by atoms with van der Waals surface area (Å²) >= 11 is 11.8. The number of hydrogen-bond donors (Lipinski definition) is 0. The first-order valence-electron chi connectivity index (χ1n) is 6.99. The minimum Gasteiger partial charge on any atom is -0.247 e. The third-order valence-corrected chi connectivity index (χ3v) is 4.26. The van der Waals surface area contributed by atoms with Gasteiger partial charge in [0.05, 0.1) is 32.8 Å². The molecule has 0 fully saturated rings. The van der Waals surface area contributed by atoms with Crippen LogP contribution >= 0.6 is 23.2 Å². The summed E-state index contributed by atoms with van der Waals surface area (Å²) in [7, 11) is 0. The van der Waals surface area contributed by atoms with Crippen LogP contribution in [0.15, 0.2) is 42.5 Å². The van der Waals surface area contributed by atoms with Gasteiger partial charge in [-0.1, -0.05) is 53.5 Å². The van der Waals surface area contributed by atoms with Crippen molar-refractivity contribution in [1.82, 2.24) is 9.97 Å². The third-order valence-electron chi connectivity index (χ3n) is 3.54. The second kappa shape index (κ2) is 6.51. The summed E-state index contributed by atoms with van der Waals surface area (Å²) in [4.78, 5) is 7.70. The van der Waals surface area contributed by atoms with Crippen molar-refractivity contribution in [3.05, 3.63) is 69.5 Å². The molecule has 0 saturated carbocycles. The van der Waals surface area contributed by atoms with Crippen molar-refractivity contribution in [2.75, 3.05) is 0 Å². The van der Waals surface area contributed by atoms with E-state index in [-0.39, 0.29) is 21.1 Å². The van der Waals surface area contributed by atoms with Gasteiger partial charge in [0.25, 0.3) is 0 Å². The Kier molecular flexibility index (Phi) is 4.55. The molecule has 126 valence electrons. The number of benzene rings is 2. The maximum absolute atomic E-state index is 13.5. The Balaban J connectivity index is 2.32. The zero-order valence-electron chi connectivity index (χ0n) is 12.4. The van der Waals surface area contributed by atoms with E-state index in [1.807, 2.05) is 6.07 Å². The number of fused-ring (bicyclic) bond motifs is 1. The fourth-order valence-electron chi connectivity index (χ4n) is 2.41. The lowest BCUT2D eigenvalue weighted by molar-refractivity contribution is -0.141. The molecule has 0 aliphatic heterocycles. The van der Waals surface area contributed by atoms with E-state index in [1.165, 1.54) is 12.1 Å². The van der Waals surface area contributed by atoms with Gasteiger partial charge in [0, 0.05) is 0 Å². The average Bonchev–Trinajstić information content (AvgIpc) is 2.56. The van der Waals surface area contributed by atoms with Crippen LogP contribution in [0.4, 0.5) is 13.2 Å². The van der Waals surface area contributed by atoms with Crippen LogP contribution in [-0.4, -0.2) is 9.97 Å². The highest BCUT2D eigenvalue weighted by Crippen LogP contribution is 2.37. The van der Waals surface area contributed by atoms with Gasteiger partial charge >= 0.3 is 6.18 Å². The molecule has 0 amide bonds. The number of nitriles is 1. The van der Waals surface area contributed by atoms with Crippen molar-refractivity contribution in [3.8, 4) is 6.07 Å². The molecule has 0 radical (unpaired) electrons. The quantitative estimate of drug-likeness (QED) is 0.579. The van der Waals surface area contributed by atoms with E-state index in [0.717, 1.165) is 0 Å². The van der Waals surface area contributed by atoms with E-state index < -0.39 is 23.5 Å². The maximum atomic E-state index is 13.5. The van der Waals surface area contributed by atoms with Gasteiger partial charge in [-0.05, 0) is 17.7 Å². The van der Waals surface area contributed by atoms with Gasteiger partial charge in [-0.2, -0.15) is 18.4 Å². The number of aromatic nitrogens is 2. The fourth-order valence-corrected chi connectivity index (χ4v) is 2.73. The number of alkyl halides is 3. The molecule has 1 aromatic heterocycles. The van der Waals surface area contributed by atoms with Crippen molar-refractivity contribution < 1.29 is 13.2 Å². The molecule has 1 heterocycles. The van der Waals surface area contributed by atoms with Crippen LogP contribution < -0.4 is 0 Å². The molecule has 3 rings (SSSR count). The molecule has 2 aromatic carbocycles. The summed E-state index contributed by atoms with van der Waals surface area (Å²) in [5.74, 6) is -1.22. The molecule has 25 heavy (non-hydrogen) atoms. The molecule has 0 spiro atoms. The van der Waals surface area contributed by atoms with E-state index >= 15 is 0 Å². The molecular formula is C17H8Cl2F3N3. The lowest BCUT2D eigenvalue weighted by atomic mass is 9.95. The first kappa shape index (κ1) is 17.5. The highest BCUT2D eigenvalue weighted by molar-refractivity contribution is 6.42. The van der Waals surface area contributed by atoms with E-state index in [4.69, 9.17) is 23.2 Å². The van der Waals surface area contributed by atoms with E-state index in [1.54, 1.807) is 30.3 Å². The summed E-state index contributed by atoms with van der Waals surface area (Å²) in [6.45, 7) is 0. The monoisotopic (exact) mass is 381 g/mol.